The van der Waals surface area contributed by atoms with Crippen LogP contribution in [0, 0.1) is 5.92 Å². The standard InChI is InChI=1S/C16H20ClN3O2S/c1-16(2,18)13-7-20-15(12-6-19-14(17)5-11(12)13)22-8-10-3-4-23(21)9-10/h5-7,10H,3-4,8-9,18H2,1-2H3. The van der Waals surface area contributed by atoms with E-state index >= 15 is 0 Å². The molecule has 0 spiro atoms. The SMILES string of the molecule is CC(C)(N)c1cnc(OCC2CCS(=O)C2)c2cnc(Cl)cc12. The molecule has 1 fully saturated rings. The number of rotatable bonds is 4. The quantitative estimate of drug-likeness (QED) is 0.855. The van der Waals surface area contributed by atoms with E-state index in [0.717, 1.165) is 28.5 Å². The van der Waals surface area contributed by atoms with E-state index in [1.165, 1.54) is 0 Å². The van der Waals surface area contributed by atoms with Gasteiger partial charge in [0.05, 0.1) is 12.0 Å². The highest BCUT2D eigenvalue weighted by Gasteiger charge is 2.24. The van der Waals surface area contributed by atoms with Crippen LogP contribution in [-0.4, -0.2) is 32.3 Å². The molecule has 2 N–H and O–H groups in total. The molecular weight excluding hydrogens is 334 g/mol. The van der Waals surface area contributed by atoms with Gasteiger partial charge in [-0.3, -0.25) is 4.21 Å². The van der Waals surface area contributed by atoms with Gasteiger partial charge in [0.15, 0.2) is 0 Å². The summed E-state index contributed by atoms with van der Waals surface area (Å²) >= 11 is 6.04. The van der Waals surface area contributed by atoms with Crippen molar-refractivity contribution >= 4 is 33.2 Å². The zero-order valence-corrected chi connectivity index (χ0v) is 14.8. The summed E-state index contributed by atoms with van der Waals surface area (Å²) in [7, 11) is -0.703. The average molecular weight is 354 g/mol. The molecule has 2 aromatic heterocycles. The summed E-state index contributed by atoms with van der Waals surface area (Å²) in [5.74, 6) is 2.31. The second kappa shape index (κ2) is 6.34. The number of aromatic nitrogens is 2. The van der Waals surface area contributed by atoms with Crippen molar-refractivity contribution in [3.8, 4) is 5.88 Å². The molecule has 1 saturated heterocycles. The average Bonchev–Trinajstić information content (AvgIpc) is 2.88. The topological polar surface area (TPSA) is 78.1 Å². The van der Waals surface area contributed by atoms with Crippen molar-refractivity contribution < 1.29 is 8.95 Å². The van der Waals surface area contributed by atoms with Crippen molar-refractivity contribution in [2.24, 2.45) is 11.7 Å². The Hall–Kier alpha value is -1.24. The van der Waals surface area contributed by atoms with Crippen LogP contribution < -0.4 is 10.5 Å². The van der Waals surface area contributed by atoms with Crippen molar-refractivity contribution in [1.82, 2.24) is 9.97 Å². The third-order valence-electron chi connectivity index (χ3n) is 4.03. The summed E-state index contributed by atoms with van der Waals surface area (Å²) in [6.07, 6.45) is 4.34. The van der Waals surface area contributed by atoms with Crippen LogP contribution in [0.15, 0.2) is 18.5 Å². The van der Waals surface area contributed by atoms with Gasteiger partial charge in [0.1, 0.15) is 5.15 Å². The number of fused-ring (bicyclic) bond motifs is 1. The van der Waals surface area contributed by atoms with Crippen LogP contribution >= 0.6 is 11.6 Å². The lowest BCUT2D eigenvalue weighted by Crippen LogP contribution is -2.29. The van der Waals surface area contributed by atoms with E-state index in [-0.39, 0.29) is 0 Å². The molecule has 0 aromatic carbocycles. The molecule has 0 amide bonds. The van der Waals surface area contributed by atoms with Crippen molar-refractivity contribution in [3.05, 3.63) is 29.2 Å². The van der Waals surface area contributed by atoms with Gasteiger partial charge in [-0.05, 0) is 37.3 Å². The van der Waals surface area contributed by atoms with E-state index in [4.69, 9.17) is 22.1 Å². The molecule has 0 saturated carbocycles. The molecular formula is C16H20ClN3O2S. The van der Waals surface area contributed by atoms with Crippen molar-refractivity contribution in [2.75, 3.05) is 18.1 Å². The van der Waals surface area contributed by atoms with Crippen LogP contribution in [0.4, 0.5) is 0 Å². The van der Waals surface area contributed by atoms with Crippen LogP contribution in [0.2, 0.25) is 5.15 Å². The van der Waals surface area contributed by atoms with Crippen LogP contribution in [0.1, 0.15) is 25.8 Å². The molecule has 5 nitrogen and oxygen atoms in total. The predicted octanol–water partition coefficient (Wildman–Crippen LogP) is 2.62. The van der Waals surface area contributed by atoms with Crippen LogP contribution in [0.25, 0.3) is 10.8 Å². The summed E-state index contributed by atoms with van der Waals surface area (Å²) in [6.45, 7) is 4.36. The number of ether oxygens (including phenoxy) is 1. The smallest absolute Gasteiger partial charge is 0.222 e. The Morgan fingerprint density at radius 1 is 1.39 bits per heavy atom. The molecule has 0 radical (unpaired) electrons. The summed E-state index contributed by atoms with van der Waals surface area (Å²) in [5.41, 5.74) is 6.58. The lowest BCUT2D eigenvalue weighted by atomic mass is 9.93. The lowest BCUT2D eigenvalue weighted by molar-refractivity contribution is 0.257. The highest BCUT2D eigenvalue weighted by molar-refractivity contribution is 7.85. The minimum Gasteiger partial charge on any atom is -0.477 e. The van der Waals surface area contributed by atoms with Gasteiger partial charge >= 0.3 is 0 Å². The van der Waals surface area contributed by atoms with Crippen LogP contribution in [-0.2, 0) is 16.3 Å². The number of nitrogens with zero attached hydrogens (tertiary/aromatic N) is 2. The highest BCUT2D eigenvalue weighted by Crippen LogP contribution is 2.32. The fraction of sp³-hybridized carbons (Fsp3) is 0.500. The summed E-state index contributed by atoms with van der Waals surface area (Å²) < 4.78 is 17.4. The van der Waals surface area contributed by atoms with Gasteiger partial charge in [0.25, 0.3) is 0 Å². The third-order valence-corrected chi connectivity index (χ3v) is 5.77. The van der Waals surface area contributed by atoms with Gasteiger partial charge in [-0.1, -0.05) is 11.6 Å². The van der Waals surface area contributed by atoms with Gasteiger partial charge in [0.2, 0.25) is 5.88 Å². The molecule has 1 aliphatic heterocycles. The molecule has 124 valence electrons. The molecule has 0 aliphatic carbocycles. The summed E-state index contributed by atoms with van der Waals surface area (Å²) in [5, 5.41) is 2.10. The maximum atomic E-state index is 11.5. The minimum atomic E-state index is -0.703. The van der Waals surface area contributed by atoms with Gasteiger partial charge < -0.3 is 10.5 Å². The van der Waals surface area contributed by atoms with Crippen molar-refractivity contribution in [3.63, 3.8) is 0 Å². The van der Waals surface area contributed by atoms with Gasteiger partial charge in [-0.15, -0.1) is 0 Å². The molecule has 2 atom stereocenters. The molecule has 2 aromatic rings. The highest BCUT2D eigenvalue weighted by atomic mass is 35.5. The molecule has 3 rings (SSSR count). The Labute approximate surface area is 143 Å². The van der Waals surface area contributed by atoms with Crippen LogP contribution in [0.5, 0.6) is 5.88 Å². The zero-order chi connectivity index (χ0) is 16.6. The maximum absolute atomic E-state index is 11.5. The molecule has 7 heteroatoms. The third kappa shape index (κ3) is 3.65. The molecule has 3 heterocycles. The van der Waals surface area contributed by atoms with E-state index in [1.54, 1.807) is 18.5 Å². The first-order valence-electron chi connectivity index (χ1n) is 7.56. The molecule has 2 unspecified atom stereocenters. The maximum Gasteiger partial charge on any atom is 0.222 e. The Kier molecular flexibility index (Phi) is 4.58. The Bertz CT molecular complexity index is 761. The van der Waals surface area contributed by atoms with Gasteiger partial charge in [-0.25, -0.2) is 9.97 Å². The predicted molar refractivity (Wildman–Crippen MR) is 93.2 cm³/mol. The van der Waals surface area contributed by atoms with Crippen LogP contribution in [0.3, 0.4) is 0 Å². The summed E-state index contributed by atoms with van der Waals surface area (Å²) in [6, 6.07) is 1.79. The Balaban J connectivity index is 1.94. The van der Waals surface area contributed by atoms with E-state index in [9.17, 15) is 4.21 Å². The number of hydrogen-bond acceptors (Lipinski definition) is 5. The van der Waals surface area contributed by atoms with E-state index in [0.29, 0.717) is 29.3 Å². The van der Waals surface area contributed by atoms with E-state index in [2.05, 4.69) is 9.97 Å². The first-order chi connectivity index (χ1) is 10.8. The molecule has 1 aliphatic rings. The zero-order valence-electron chi connectivity index (χ0n) is 13.2. The number of pyridine rings is 2. The fourth-order valence-corrected chi connectivity index (χ4v) is 4.48. The summed E-state index contributed by atoms with van der Waals surface area (Å²) in [4.78, 5) is 8.56. The van der Waals surface area contributed by atoms with Crippen molar-refractivity contribution in [2.45, 2.75) is 25.8 Å². The fourth-order valence-electron chi connectivity index (χ4n) is 2.77. The normalized spacial score (nSPS) is 21.7. The van der Waals surface area contributed by atoms with Gasteiger partial charge in [0, 0.05) is 46.2 Å². The second-order valence-electron chi connectivity index (χ2n) is 6.53. The minimum absolute atomic E-state index is 0.318. The first-order valence-corrected chi connectivity index (χ1v) is 9.42. The number of hydrogen-bond donors (Lipinski definition) is 1. The number of halogens is 1. The van der Waals surface area contributed by atoms with Gasteiger partial charge in [-0.2, -0.15) is 0 Å². The number of nitrogens with two attached hydrogens (primary N) is 1. The Morgan fingerprint density at radius 2 is 2.17 bits per heavy atom. The Morgan fingerprint density at radius 3 is 2.83 bits per heavy atom. The molecule has 0 bridgehead atoms. The monoisotopic (exact) mass is 353 g/mol. The molecule has 23 heavy (non-hydrogen) atoms. The van der Waals surface area contributed by atoms with E-state index in [1.807, 2.05) is 13.8 Å². The lowest BCUT2D eigenvalue weighted by Gasteiger charge is -2.22. The first kappa shape index (κ1) is 16.6. The largest absolute Gasteiger partial charge is 0.477 e. The van der Waals surface area contributed by atoms with E-state index < -0.39 is 16.3 Å². The second-order valence-corrected chi connectivity index (χ2v) is 8.54. The van der Waals surface area contributed by atoms with Crippen molar-refractivity contribution in [1.29, 1.82) is 0 Å².